The third kappa shape index (κ3) is 0.684. The summed E-state index contributed by atoms with van der Waals surface area (Å²) in [6.45, 7) is 2.53. The predicted octanol–water partition coefficient (Wildman–Crippen LogP) is 0.579. The number of likely N-dealkylation sites (tertiary alicyclic amines) is 1. The maximum atomic E-state index is 4.07. The number of thiol groups is 1. The van der Waals surface area contributed by atoms with Crippen LogP contribution >= 0.6 is 12.6 Å². The summed E-state index contributed by atoms with van der Waals surface area (Å²) < 4.78 is 0. The highest BCUT2D eigenvalue weighted by Gasteiger charge is 2.09. The molecule has 1 aliphatic heterocycles. The Balaban J connectivity index is 2.01. The summed E-state index contributed by atoms with van der Waals surface area (Å²) in [7, 11) is 0. The molecule has 0 amide bonds. The van der Waals surface area contributed by atoms with Gasteiger partial charge in [0, 0.05) is 19.0 Å². The summed E-state index contributed by atoms with van der Waals surface area (Å²) in [5.41, 5.74) is 0. The van der Waals surface area contributed by atoms with Crippen molar-refractivity contribution in [3.63, 3.8) is 0 Å². The van der Waals surface area contributed by atoms with Crippen molar-refractivity contribution < 1.29 is 0 Å². The lowest BCUT2D eigenvalue weighted by Gasteiger charge is -2.28. The van der Waals surface area contributed by atoms with Crippen LogP contribution in [0.5, 0.6) is 0 Å². The Kier molecular flexibility index (Phi) is 1.37. The van der Waals surface area contributed by atoms with E-state index in [1.54, 1.807) is 0 Å². The molecular weight excluding hydrogens is 94.1 g/mol. The fourth-order valence-electron chi connectivity index (χ4n) is 0.523. The van der Waals surface area contributed by atoms with Crippen LogP contribution in [0, 0.1) is 0 Å². The van der Waals surface area contributed by atoms with Gasteiger partial charge < -0.3 is 0 Å². The number of hydrogen-bond donors (Lipinski definition) is 1. The molecule has 1 nitrogen and oxygen atoms in total. The van der Waals surface area contributed by atoms with Crippen molar-refractivity contribution in [2.75, 3.05) is 19.0 Å². The fourth-order valence-corrected chi connectivity index (χ4v) is 0.806. The molecule has 0 saturated carbocycles. The summed E-state index contributed by atoms with van der Waals surface area (Å²) in [5.74, 6) is 0.944. The molecule has 1 saturated heterocycles. The van der Waals surface area contributed by atoms with E-state index < -0.39 is 0 Å². The van der Waals surface area contributed by atoms with Gasteiger partial charge in [0.05, 0.1) is 0 Å². The van der Waals surface area contributed by atoms with Gasteiger partial charge in [0.1, 0.15) is 0 Å². The Morgan fingerprint density at radius 1 is 1.50 bits per heavy atom. The molecule has 0 radical (unpaired) electrons. The van der Waals surface area contributed by atoms with Crippen LogP contribution in [-0.2, 0) is 0 Å². The monoisotopic (exact) mass is 103 g/mol. The van der Waals surface area contributed by atoms with Crippen molar-refractivity contribution in [3.05, 3.63) is 0 Å². The van der Waals surface area contributed by atoms with Crippen LogP contribution in [0.2, 0.25) is 0 Å². The molecule has 0 aromatic heterocycles. The van der Waals surface area contributed by atoms with Crippen LogP contribution in [0.25, 0.3) is 0 Å². The quantitative estimate of drug-likeness (QED) is 0.475. The molecule has 0 aromatic rings. The minimum absolute atomic E-state index is 0.944. The SMILES string of the molecule is SCN1CCC1. The van der Waals surface area contributed by atoms with Gasteiger partial charge in [-0.2, -0.15) is 12.6 Å². The molecule has 1 aliphatic rings. The molecule has 0 bridgehead atoms. The minimum atomic E-state index is 0.944. The van der Waals surface area contributed by atoms with Gasteiger partial charge in [0.15, 0.2) is 0 Å². The van der Waals surface area contributed by atoms with Crippen molar-refractivity contribution in [1.29, 1.82) is 0 Å². The highest BCUT2D eigenvalue weighted by Crippen LogP contribution is 2.04. The second-order valence-electron chi connectivity index (χ2n) is 1.61. The zero-order valence-electron chi connectivity index (χ0n) is 3.72. The van der Waals surface area contributed by atoms with E-state index in [9.17, 15) is 0 Å². The van der Waals surface area contributed by atoms with E-state index >= 15 is 0 Å². The van der Waals surface area contributed by atoms with Crippen molar-refractivity contribution in [3.8, 4) is 0 Å². The topological polar surface area (TPSA) is 3.24 Å². The molecule has 0 unspecified atom stereocenters. The fraction of sp³-hybridized carbons (Fsp3) is 1.00. The van der Waals surface area contributed by atoms with Gasteiger partial charge in [-0.3, -0.25) is 4.90 Å². The molecular formula is C4H9NS. The molecule has 6 heavy (non-hydrogen) atoms. The van der Waals surface area contributed by atoms with E-state index in [0.717, 1.165) is 5.88 Å². The summed E-state index contributed by atoms with van der Waals surface area (Å²) >= 11 is 4.07. The van der Waals surface area contributed by atoms with Crippen LogP contribution in [0.15, 0.2) is 0 Å². The Hall–Kier alpha value is 0.310. The van der Waals surface area contributed by atoms with Gasteiger partial charge in [-0.05, 0) is 6.42 Å². The third-order valence-electron chi connectivity index (χ3n) is 1.15. The number of nitrogens with zero attached hydrogens (tertiary/aromatic N) is 1. The largest absolute Gasteiger partial charge is 0.294 e. The van der Waals surface area contributed by atoms with Gasteiger partial charge in [0.25, 0.3) is 0 Å². The van der Waals surface area contributed by atoms with Crippen molar-refractivity contribution in [2.24, 2.45) is 0 Å². The van der Waals surface area contributed by atoms with Crippen LogP contribution < -0.4 is 0 Å². The summed E-state index contributed by atoms with van der Waals surface area (Å²) in [6.07, 6.45) is 1.38. The summed E-state index contributed by atoms with van der Waals surface area (Å²) in [4.78, 5) is 2.29. The molecule has 0 N–H and O–H groups in total. The second kappa shape index (κ2) is 1.85. The van der Waals surface area contributed by atoms with Crippen molar-refractivity contribution in [2.45, 2.75) is 6.42 Å². The molecule has 1 rings (SSSR count). The van der Waals surface area contributed by atoms with Crippen LogP contribution in [-0.4, -0.2) is 23.9 Å². The van der Waals surface area contributed by atoms with Crippen LogP contribution in [0.3, 0.4) is 0 Å². The lowest BCUT2D eigenvalue weighted by atomic mass is 10.2. The Labute approximate surface area is 43.7 Å². The molecule has 0 atom stereocenters. The summed E-state index contributed by atoms with van der Waals surface area (Å²) in [5, 5.41) is 0. The first-order valence-corrected chi connectivity index (χ1v) is 2.90. The van der Waals surface area contributed by atoms with Gasteiger partial charge in [0.2, 0.25) is 0 Å². The smallest absolute Gasteiger partial charge is 0.0414 e. The maximum absolute atomic E-state index is 4.07. The number of rotatable bonds is 1. The van der Waals surface area contributed by atoms with Crippen molar-refractivity contribution in [1.82, 2.24) is 4.90 Å². The van der Waals surface area contributed by atoms with Crippen molar-refractivity contribution >= 4 is 12.6 Å². The molecule has 0 aliphatic carbocycles. The first-order valence-electron chi connectivity index (χ1n) is 2.26. The average molecular weight is 103 g/mol. The second-order valence-corrected chi connectivity index (χ2v) is 1.90. The lowest BCUT2D eigenvalue weighted by Crippen LogP contribution is -2.35. The van der Waals surface area contributed by atoms with Gasteiger partial charge in [-0.1, -0.05) is 0 Å². The van der Waals surface area contributed by atoms with E-state index in [1.165, 1.54) is 19.5 Å². The number of hydrogen-bond acceptors (Lipinski definition) is 2. The van der Waals surface area contributed by atoms with Gasteiger partial charge in [-0.25, -0.2) is 0 Å². The Bertz CT molecular complexity index is 40.1. The zero-order chi connectivity index (χ0) is 4.41. The Morgan fingerprint density at radius 3 is 2.17 bits per heavy atom. The lowest BCUT2D eigenvalue weighted by molar-refractivity contribution is 0.219. The van der Waals surface area contributed by atoms with E-state index in [0.29, 0.717) is 0 Å². The first-order chi connectivity index (χ1) is 2.93. The normalized spacial score (nSPS) is 23.5. The van der Waals surface area contributed by atoms with Crippen LogP contribution in [0.4, 0.5) is 0 Å². The molecule has 1 heterocycles. The third-order valence-corrected chi connectivity index (χ3v) is 1.55. The zero-order valence-corrected chi connectivity index (χ0v) is 4.62. The average Bonchev–Trinajstić information content (AvgIpc) is 1.31. The molecule has 1 fully saturated rings. The highest BCUT2D eigenvalue weighted by atomic mass is 32.1. The van der Waals surface area contributed by atoms with Gasteiger partial charge in [-0.15, -0.1) is 0 Å². The Morgan fingerprint density at radius 2 is 2.17 bits per heavy atom. The molecule has 0 aromatic carbocycles. The molecule has 36 valence electrons. The summed E-state index contributed by atoms with van der Waals surface area (Å²) in [6, 6.07) is 0. The minimum Gasteiger partial charge on any atom is -0.294 e. The molecule has 2 heteroatoms. The van der Waals surface area contributed by atoms with E-state index in [-0.39, 0.29) is 0 Å². The van der Waals surface area contributed by atoms with E-state index in [4.69, 9.17) is 0 Å². The van der Waals surface area contributed by atoms with Crippen LogP contribution in [0.1, 0.15) is 6.42 Å². The first kappa shape index (κ1) is 4.47. The van der Waals surface area contributed by atoms with Gasteiger partial charge >= 0.3 is 0 Å². The highest BCUT2D eigenvalue weighted by molar-refractivity contribution is 7.80. The molecule has 0 spiro atoms. The predicted molar refractivity (Wildman–Crippen MR) is 30.0 cm³/mol. The van der Waals surface area contributed by atoms with E-state index in [1.807, 2.05) is 0 Å². The standard InChI is InChI=1S/C4H9NS/c6-4-5-2-1-3-5/h6H,1-4H2. The van der Waals surface area contributed by atoms with E-state index in [2.05, 4.69) is 17.5 Å². The maximum Gasteiger partial charge on any atom is 0.0414 e.